The molecular formula is C10H21NO3. The summed E-state index contributed by atoms with van der Waals surface area (Å²) in [4.78, 5) is 11.4. The Balaban J connectivity index is 3.81. The van der Waals surface area contributed by atoms with Crippen LogP contribution in [0.2, 0.25) is 0 Å². The number of carbonyl (C=O) groups excluding carboxylic acids is 1. The van der Waals surface area contributed by atoms with Crippen molar-refractivity contribution < 1.29 is 14.3 Å². The molecule has 1 unspecified atom stereocenters. The molecule has 14 heavy (non-hydrogen) atoms. The average Bonchev–Trinajstić information content (AvgIpc) is 2.17. The maximum atomic E-state index is 11.4. The highest BCUT2D eigenvalue weighted by atomic mass is 16.5. The van der Waals surface area contributed by atoms with E-state index in [-0.39, 0.29) is 12.0 Å². The first-order valence-electron chi connectivity index (χ1n) is 5.15. The molecule has 0 rings (SSSR count). The van der Waals surface area contributed by atoms with E-state index in [1.54, 1.807) is 7.11 Å². The van der Waals surface area contributed by atoms with E-state index in [1.807, 2.05) is 13.8 Å². The number of carbonyl (C=O) groups is 1. The van der Waals surface area contributed by atoms with Gasteiger partial charge in [-0.05, 0) is 13.3 Å². The number of esters is 1. The summed E-state index contributed by atoms with van der Waals surface area (Å²) in [7, 11) is 1.64. The first-order valence-corrected chi connectivity index (χ1v) is 5.15. The van der Waals surface area contributed by atoms with E-state index in [0.29, 0.717) is 19.8 Å². The summed E-state index contributed by atoms with van der Waals surface area (Å²) < 4.78 is 9.84. The zero-order valence-electron chi connectivity index (χ0n) is 9.34. The number of rotatable bonds is 8. The number of nitrogens with one attached hydrogen (secondary N) is 1. The van der Waals surface area contributed by atoms with E-state index in [1.165, 1.54) is 0 Å². The fourth-order valence-electron chi connectivity index (χ4n) is 1.17. The van der Waals surface area contributed by atoms with Gasteiger partial charge in [-0.1, -0.05) is 13.3 Å². The third kappa shape index (κ3) is 5.94. The molecule has 4 heteroatoms. The van der Waals surface area contributed by atoms with Gasteiger partial charge in [-0.25, -0.2) is 0 Å². The molecule has 0 aliphatic carbocycles. The van der Waals surface area contributed by atoms with Gasteiger partial charge in [0, 0.05) is 13.7 Å². The van der Waals surface area contributed by atoms with Gasteiger partial charge in [0.15, 0.2) is 0 Å². The van der Waals surface area contributed by atoms with E-state index in [9.17, 15) is 4.79 Å². The summed E-state index contributed by atoms with van der Waals surface area (Å²) in [6.07, 6.45) is 1.77. The second-order valence-electron chi connectivity index (χ2n) is 3.04. The molecule has 0 heterocycles. The lowest BCUT2D eigenvalue weighted by Gasteiger charge is -2.15. The molecular weight excluding hydrogens is 182 g/mol. The predicted molar refractivity (Wildman–Crippen MR) is 55.2 cm³/mol. The maximum absolute atomic E-state index is 11.4. The molecule has 0 aromatic carbocycles. The summed E-state index contributed by atoms with van der Waals surface area (Å²) in [5, 5.41) is 3.11. The maximum Gasteiger partial charge on any atom is 0.323 e. The van der Waals surface area contributed by atoms with Crippen LogP contribution in [0.25, 0.3) is 0 Å². The predicted octanol–water partition coefficient (Wildman–Crippen LogP) is 0.954. The van der Waals surface area contributed by atoms with Crippen molar-refractivity contribution in [1.29, 1.82) is 0 Å². The Kier molecular flexibility index (Phi) is 8.57. The Bertz CT molecular complexity index is 150. The van der Waals surface area contributed by atoms with Crippen molar-refractivity contribution in [3.63, 3.8) is 0 Å². The molecule has 0 radical (unpaired) electrons. The van der Waals surface area contributed by atoms with Crippen molar-refractivity contribution in [2.45, 2.75) is 32.7 Å². The van der Waals surface area contributed by atoms with Gasteiger partial charge >= 0.3 is 5.97 Å². The summed E-state index contributed by atoms with van der Waals surface area (Å²) in [6.45, 7) is 5.59. The highest BCUT2D eigenvalue weighted by molar-refractivity contribution is 5.75. The van der Waals surface area contributed by atoms with E-state index in [2.05, 4.69) is 5.32 Å². The fraction of sp³-hybridized carbons (Fsp3) is 0.900. The largest absolute Gasteiger partial charge is 0.465 e. The molecule has 84 valence electrons. The van der Waals surface area contributed by atoms with Crippen molar-refractivity contribution in [2.75, 3.05) is 26.9 Å². The van der Waals surface area contributed by atoms with Gasteiger partial charge in [-0.15, -0.1) is 0 Å². The van der Waals surface area contributed by atoms with Gasteiger partial charge in [0.05, 0.1) is 13.2 Å². The minimum atomic E-state index is -0.185. The molecule has 0 spiro atoms. The van der Waals surface area contributed by atoms with Crippen LogP contribution in [0.3, 0.4) is 0 Å². The molecule has 0 fully saturated rings. The Hall–Kier alpha value is -0.610. The lowest BCUT2D eigenvalue weighted by atomic mass is 10.2. The normalized spacial score (nSPS) is 12.5. The second kappa shape index (κ2) is 8.97. The summed E-state index contributed by atoms with van der Waals surface area (Å²) in [5.74, 6) is -0.162. The number of hydrogen-bond acceptors (Lipinski definition) is 4. The Labute approximate surface area is 86.0 Å². The molecule has 1 N–H and O–H groups in total. The van der Waals surface area contributed by atoms with Crippen LogP contribution in [0.5, 0.6) is 0 Å². The van der Waals surface area contributed by atoms with Crippen molar-refractivity contribution in [3.05, 3.63) is 0 Å². The van der Waals surface area contributed by atoms with Gasteiger partial charge in [0.25, 0.3) is 0 Å². The second-order valence-corrected chi connectivity index (χ2v) is 3.04. The van der Waals surface area contributed by atoms with Crippen molar-refractivity contribution in [1.82, 2.24) is 5.32 Å². The zero-order chi connectivity index (χ0) is 10.8. The molecule has 0 amide bonds. The number of methoxy groups -OCH3 is 1. The molecule has 0 saturated heterocycles. The summed E-state index contributed by atoms with van der Waals surface area (Å²) >= 11 is 0. The quantitative estimate of drug-likeness (QED) is 0.471. The van der Waals surface area contributed by atoms with Crippen molar-refractivity contribution >= 4 is 5.97 Å². The van der Waals surface area contributed by atoms with Gasteiger partial charge < -0.3 is 14.8 Å². The van der Waals surface area contributed by atoms with E-state index < -0.39 is 0 Å². The molecule has 0 aromatic rings. The lowest BCUT2D eigenvalue weighted by molar-refractivity contribution is -0.145. The Morgan fingerprint density at radius 3 is 2.64 bits per heavy atom. The minimum absolute atomic E-state index is 0.162. The third-order valence-electron chi connectivity index (χ3n) is 1.85. The molecule has 1 atom stereocenters. The van der Waals surface area contributed by atoms with Crippen molar-refractivity contribution in [3.8, 4) is 0 Å². The lowest BCUT2D eigenvalue weighted by Crippen LogP contribution is -2.39. The first kappa shape index (κ1) is 13.4. The number of ether oxygens (including phenoxy) is 2. The van der Waals surface area contributed by atoms with Gasteiger partial charge in [0.1, 0.15) is 6.04 Å². The first-order chi connectivity index (χ1) is 6.76. The van der Waals surface area contributed by atoms with Gasteiger partial charge in [0.2, 0.25) is 0 Å². The van der Waals surface area contributed by atoms with Crippen LogP contribution in [-0.4, -0.2) is 38.9 Å². The van der Waals surface area contributed by atoms with E-state index in [0.717, 1.165) is 12.8 Å². The topological polar surface area (TPSA) is 47.6 Å². The van der Waals surface area contributed by atoms with Gasteiger partial charge in [-0.3, -0.25) is 4.79 Å². The summed E-state index contributed by atoms with van der Waals surface area (Å²) in [5.41, 5.74) is 0. The molecule has 0 aromatic heterocycles. The highest BCUT2D eigenvalue weighted by Gasteiger charge is 2.17. The molecule has 4 nitrogen and oxygen atoms in total. The molecule has 0 aliphatic heterocycles. The average molecular weight is 203 g/mol. The Morgan fingerprint density at radius 1 is 1.43 bits per heavy atom. The van der Waals surface area contributed by atoms with Crippen LogP contribution in [0.15, 0.2) is 0 Å². The van der Waals surface area contributed by atoms with E-state index >= 15 is 0 Å². The van der Waals surface area contributed by atoms with E-state index in [4.69, 9.17) is 9.47 Å². The Morgan fingerprint density at radius 2 is 2.14 bits per heavy atom. The van der Waals surface area contributed by atoms with Crippen LogP contribution >= 0.6 is 0 Å². The van der Waals surface area contributed by atoms with Gasteiger partial charge in [-0.2, -0.15) is 0 Å². The fourth-order valence-corrected chi connectivity index (χ4v) is 1.17. The number of hydrogen-bond donors (Lipinski definition) is 1. The zero-order valence-corrected chi connectivity index (χ0v) is 9.34. The summed E-state index contributed by atoms with van der Waals surface area (Å²) in [6, 6.07) is -0.185. The van der Waals surface area contributed by atoms with Crippen LogP contribution < -0.4 is 5.32 Å². The SMILES string of the molecule is CCCC(NCCOC)C(=O)OCC. The van der Waals surface area contributed by atoms with Crippen LogP contribution in [0, 0.1) is 0 Å². The third-order valence-corrected chi connectivity index (χ3v) is 1.85. The minimum Gasteiger partial charge on any atom is -0.465 e. The van der Waals surface area contributed by atoms with Crippen LogP contribution in [-0.2, 0) is 14.3 Å². The highest BCUT2D eigenvalue weighted by Crippen LogP contribution is 1.99. The molecule has 0 bridgehead atoms. The molecule has 0 aliphatic rings. The van der Waals surface area contributed by atoms with Crippen LogP contribution in [0.1, 0.15) is 26.7 Å². The van der Waals surface area contributed by atoms with Crippen LogP contribution in [0.4, 0.5) is 0 Å². The molecule has 0 saturated carbocycles. The standard InChI is InChI=1S/C10H21NO3/c1-4-6-9(10(12)14-5-2)11-7-8-13-3/h9,11H,4-8H2,1-3H3. The smallest absolute Gasteiger partial charge is 0.323 e. The monoisotopic (exact) mass is 203 g/mol. The van der Waals surface area contributed by atoms with Crippen molar-refractivity contribution in [2.24, 2.45) is 0 Å².